The van der Waals surface area contributed by atoms with Crippen LogP contribution in [0.3, 0.4) is 0 Å². The van der Waals surface area contributed by atoms with E-state index in [0.29, 0.717) is 5.96 Å². The van der Waals surface area contributed by atoms with Crippen molar-refractivity contribution in [3.8, 4) is 0 Å². The molecule has 0 amide bonds. The van der Waals surface area contributed by atoms with Crippen molar-refractivity contribution in [2.24, 2.45) is 16.5 Å². The van der Waals surface area contributed by atoms with Crippen LogP contribution in [0, 0.1) is 5.41 Å². The van der Waals surface area contributed by atoms with Gasteiger partial charge in [-0.15, -0.1) is 0 Å². The molecule has 0 aromatic rings. The lowest BCUT2D eigenvalue weighted by Crippen LogP contribution is -2.36. The third-order valence-electron chi connectivity index (χ3n) is 1.97. The minimum atomic E-state index is -0.247. The van der Waals surface area contributed by atoms with Crippen LogP contribution in [-0.2, 0) is 0 Å². The lowest BCUT2D eigenvalue weighted by molar-refractivity contribution is 0.467. The summed E-state index contributed by atoms with van der Waals surface area (Å²) in [7, 11) is 1.85. The van der Waals surface area contributed by atoms with Gasteiger partial charge in [-0.2, -0.15) is 4.99 Å². The van der Waals surface area contributed by atoms with E-state index in [1.165, 1.54) is 19.3 Å². The molecular weight excluding hydrogens is 178 g/mol. The zero-order valence-corrected chi connectivity index (χ0v) is 9.08. The smallest absolute Gasteiger partial charge is 0.215 e. The number of unbranched alkanes of at least 4 members (excludes halogenated alkanes) is 3. The topological polar surface area (TPSA) is 91.5 Å². The molecule has 0 aromatic carbocycles. The molecule has 0 bridgehead atoms. The van der Waals surface area contributed by atoms with Gasteiger partial charge in [-0.25, -0.2) is 0 Å². The highest BCUT2D eigenvalue weighted by Crippen LogP contribution is 1.99. The number of nitrogens with one attached hydrogen (secondary N) is 1. The van der Waals surface area contributed by atoms with E-state index in [9.17, 15) is 0 Å². The highest BCUT2D eigenvalue weighted by molar-refractivity contribution is 5.91. The standard InChI is InChI=1S/C9H21N5/c1-3-4-5-6-7-14(2)9(12)13-8(10)11/h3-7H2,1-2H3,(H5,10,11,12,13). The zero-order valence-electron chi connectivity index (χ0n) is 9.08. The van der Waals surface area contributed by atoms with Gasteiger partial charge < -0.3 is 16.4 Å². The summed E-state index contributed by atoms with van der Waals surface area (Å²) in [4.78, 5) is 5.47. The van der Waals surface area contributed by atoms with Crippen molar-refractivity contribution in [1.29, 1.82) is 5.41 Å². The fourth-order valence-electron chi connectivity index (χ4n) is 1.10. The summed E-state index contributed by atoms with van der Waals surface area (Å²) in [5.41, 5.74) is 10.7. The SMILES string of the molecule is CCCCCCN(C)/C(N)=N/C(=N)N. The van der Waals surface area contributed by atoms with Crippen LogP contribution in [0.25, 0.3) is 0 Å². The summed E-state index contributed by atoms with van der Waals surface area (Å²) in [6.07, 6.45) is 4.77. The highest BCUT2D eigenvalue weighted by Gasteiger charge is 2.01. The van der Waals surface area contributed by atoms with E-state index in [1.807, 2.05) is 11.9 Å². The Morgan fingerprint density at radius 3 is 2.43 bits per heavy atom. The van der Waals surface area contributed by atoms with Gasteiger partial charge in [-0.05, 0) is 6.42 Å². The van der Waals surface area contributed by atoms with Crippen LogP contribution in [0.15, 0.2) is 4.99 Å². The number of hydrogen-bond acceptors (Lipinski definition) is 1. The lowest BCUT2D eigenvalue weighted by Gasteiger charge is -2.17. The van der Waals surface area contributed by atoms with E-state index in [2.05, 4.69) is 11.9 Å². The minimum absolute atomic E-state index is 0.247. The Morgan fingerprint density at radius 2 is 1.93 bits per heavy atom. The van der Waals surface area contributed by atoms with E-state index >= 15 is 0 Å². The van der Waals surface area contributed by atoms with E-state index in [1.54, 1.807) is 0 Å². The minimum Gasteiger partial charge on any atom is -0.369 e. The molecule has 5 N–H and O–H groups in total. The van der Waals surface area contributed by atoms with Gasteiger partial charge in [0.25, 0.3) is 0 Å². The van der Waals surface area contributed by atoms with E-state index in [-0.39, 0.29) is 5.96 Å². The Labute approximate surface area is 85.7 Å². The summed E-state index contributed by atoms with van der Waals surface area (Å²) in [6, 6.07) is 0. The molecule has 0 aromatic heterocycles. The third kappa shape index (κ3) is 6.28. The largest absolute Gasteiger partial charge is 0.369 e. The quantitative estimate of drug-likeness (QED) is 0.346. The molecule has 14 heavy (non-hydrogen) atoms. The van der Waals surface area contributed by atoms with Gasteiger partial charge in [0.2, 0.25) is 5.96 Å². The normalized spacial score (nSPS) is 11.4. The Hall–Kier alpha value is -1.26. The molecule has 0 fully saturated rings. The van der Waals surface area contributed by atoms with Crippen molar-refractivity contribution in [1.82, 2.24) is 4.90 Å². The molecule has 5 nitrogen and oxygen atoms in total. The monoisotopic (exact) mass is 199 g/mol. The van der Waals surface area contributed by atoms with Crippen molar-refractivity contribution in [3.05, 3.63) is 0 Å². The molecule has 82 valence electrons. The summed E-state index contributed by atoms with van der Waals surface area (Å²) >= 11 is 0. The molecule has 0 heterocycles. The molecule has 0 spiro atoms. The van der Waals surface area contributed by atoms with Crippen molar-refractivity contribution in [2.45, 2.75) is 32.6 Å². The molecule has 0 aliphatic rings. The first-order chi connectivity index (χ1) is 6.57. The first-order valence-electron chi connectivity index (χ1n) is 4.97. The second-order valence-electron chi connectivity index (χ2n) is 3.34. The van der Waals surface area contributed by atoms with Gasteiger partial charge in [-0.3, -0.25) is 5.41 Å². The molecule has 0 saturated carbocycles. The molecule has 0 saturated heterocycles. The Kier molecular flexibility index (Phi) is 6.53. The number of hydrogen-bond donors (Lipinski definition) is 3. The van der Waals surface area contributed by atoms with Crippen LogP contribution in [0.4, 0.5) is 0 Å². The number of nitrogens with zero attached hydrogens (tertiary/aromatic N) is 2. The van der Waals surface area contributed by atoms with E-state index < -0.39 is 0 Å². The second-order valence-corrected chi connectivity index (χ2v) is 3.34. The molecular formula is C9H21N5. The molecule has 0 atom stereocenters. The predicted molar refractivity (Wildman–Crippen MR) is 60.3 cm³/mol. The molecule has 0 rings (SSSR count). The maximum atomic E-state index is 6.94. The number of nitrogens with two attached hydrogens (primary N) is 2. The molecule has 0 radical (unpaired) electrons. The molecule has 5 heteroatoms. The van der Waals surface area contributed by atoms with Crippen LogP contribution in [0.5, 0.6) is 0 Å². The number of guanidine groups is 2. The summed E-state index contributed by atoms with van der Waals surface area (Å²) in [5.74, 6) is 0.0666. The Balaban J connectivity index is 3.72. The van der Waals surface area contributed by atoms with Gasteiger partial charge in [0, 0.05) is 13.6 Å². The van der Waals surface area contributed by atoms with Crippen LogP contribution < -0.4 is 11.5 Å². The van der Waals surface area contributed by atoms with Crippen LogP contribution in [-0.4, -0.2) is 30.4 Å². The van der Waals surface area contributed by atoms with Gasteiger partial charge in [-0.1, -0.05) is 26.2 Å². The second kappa shape index (κ2) is 7.17. The number of aliphatic imine (C=N–C) groups is 1. The van der Waals surface area contributed by atoms with Gasteiger partial charge in [0.15, 0.2) is 5.96 Å². The molecule has 0 aliphatic heterocycles. The van der Waals surface area contributed by atoms with Crippen LogP contribution in [0.2, 0.25) is 0 Å². The highest BCUT2D eigenvalue weighted by atomic mass is 15.2. The number of rotatable bonds is 5. The molecule has 0 aliphatic carbocycles. The van der Waals surface area contributed by atoms with Crippen LogP contribution in [0.1, 0.15) is 32.6 Å². The average molecular weight is 199 g/mol. The van der Waals surface area contributed by atoms with Crippen LogP contribution >= 0.6 is 0 Å². The van der Waals surface area contributed by atoms with E-state index in [4.69, 9.17) is 16.9 Å². The first kappa shape index (κ1) is 12.7. The zero-order chi connectivity index (χ0) is 11.0. The average Bonchev–Trinajstić information content (AvgIpc) is 2.11. The lowest BCUT2D eigenvalue weighted by atomic mass is 10.2. The van der Waals surface area contributed by atoms with Crippen molar-refractivity contribution >= 4 is 11.9 Å². The summed E-state index contributed by atoms with van der Waals surface area (Å²) in [6.45, 7) is 3.04. The van der Waals surface area contributed by atoms with Gasteiger partial charge >= 0.3 is 0 Å². The molecule has 0 unspecified atom stereocenters. The summed E-state index contributed by atoms with van der Waals surface area (Å²) < 4.78 is 0. The summed E-state index contributed by atoms with van der Waals surface area (Å²) in [5, 5.41) is 6.94. The van der Waals surface area contributed by atoms with Gasteiger partial charge in [0.05, 0.1) is 0 Å². The maximum Gasteiger partial charge on any atom is 0.215 e. The van der Waals surface area contributed by atoms with Crippen molar-refractivity contribution in [2.75, 3.05) is 13.6 Å². The van der Waals surface area contributed by atoms with Gasteiger partial charge in [0.1, 0.15) is 0 Å². The fraction of sp³-hybridized carbons (Fsp3) is 0.778. The predicted octanol–water partition coefficient (Wildman–Crippen LogP) is 0.707. The first-order valence-corrected chi connectivity index (χ1v) is 4.97. The van der Waals surface area contributed by atoms with Crippen molar-refractivity contribution in [3.63, 3.8) is 0 Å². The Bertz CT molecular complexity index is 199. The maximum absolute atomic E-state index is 6.94. The van der Waals surface area contributed by atoms with E-state index in [0.717, 1.165) is 13.0 Å². The third-order valence-corrected chi connectivity index (χ3v) is 1.97. The van der Waals surface area contributed by atoms with Crippen molar-refractivity contribution < 1.29 is 0 Å². The fourth-order valence-corrected chi connectivity index (χ4v) is 1.10. The Morgan fingerprint density at radius 1 is 1.29 bits per heavy atom.